The number of fused-ring (bicyclic) bond motifs is 1. The van der Waals surface area contributed by atoms with Gasteiger partial charge in [-0.25, -0.2) is 0 Å². The first-order chi connectivity index (χ1) is 36.2. The highest BCUT2D eigenvalue weighted by atomic mass is 16.2. The molecule has 27 heteroatoms. The van der Waals surface area contributed by atoms with Gasteiger partial charge in [0.05, 0.1) is 0 Å². The Kier molecular flexibility index (Phi) is 23.9. The lowest BCUT2D eigenvalue weighted by atomic mass is 10.0. The van der Waals surface area contributed by atoms with E-state index in [1.165, 1.54) is 6.92 Å². The van der Waals surface area contributed by atoms with Crippen LogP contribution in [0.5, 0.6) is 0 Å². The lowest BCUT2D eigenvalue weighted by Crippen LogP contribution is -2.60. The lowest BCUT2D eigenvalue weighted by molar-refractivity contribution is -0.136. The van der Waals surface area contributed by atoms with Gasteiger partial charge in [-0.2, -0.15) is 0 Å². The maximum atomic E-state index is 14.6. The molecule has 0 radical (unpaired) electrons. The number of hydrogen-bond acceptors (Lipinski definition) is 12. The van der Waals surface area contributed by atoms with Gasteiger partial charge in [0.15, 0.2) is 11.9 Å². The summed E-state index contributed by atoms with van der Waals surface area (Å²) in [7, 11) is 0. The van der Waals surface area contributed by atoms with Crippen molar-refractivity contribution in [2.45, 2.75) is 126 Å². The van der Waals surface area contributed by atoms with Crippen molar-refractivity contribution in [3.05, 3.63) is 71.9 Å². The third-order valence-corrected chi connectivity index (χ3v) is 12.1. The fraction of sp³-hybridized carbons (Fsp3) is 0.469. The summed E-state index contributed by atoms with van der Waals surface area (Å²) < 4.78 is 0. The van der Waals surface area contributed by atoms with Crippen molar-refractivity contribution < 1.29 is 47.9 Å². The van der Waals surface area contributed by atoms with Gasteiger partial charge >= 0.3 is 0 Å². The zero-order valence-electron chi connectivity index (χ0n) is 42.4. The minimum atomic E-state index is -1.59. The molecule has 1 fully saturated rings. The second-order valence-electron chi connectivity index (χ2n) is 18.2. The van der Waals surface area contributed by atoms with Crippen LogP contribution in [-0.4, -0.2) is 138 Å². The molecular formula is C49H71N17O10. The number of carbonyl (C=O) groups is 10. The van der Waals surface area contributed by atoms with E-state index in [1.807, 2.05) is 18.2 Å². The SMILES string of the molecule is CC(=O)N[C@@H](CCCN=C(N)N)C(=O)N[C@H]1CCC(=O)NCCC[C@@H](C(N)=O)NC(=O)[C@H](Cc2c[nH]c3ccccc23)NC(=O)[C@H](CCCN=C(N)N)NC(=O)[C@@H](Cc2ccccc2)NC(=O)[C@H](CCC(N)=O)NC1=O. The number of aromatic amines is 1. The summed E-state index contributed by atoms with van der Waals surface area (Å²) in [6, 6.07) is 5.84. The van der Waals surface area contributed by atoms with E-state index < -0.39 is 114 Å². The zero-order chi connectivity index (χ0) is 55.7. The van der Waals surface area contributed by atoms with Crippen LogP contribution in [0.1, 0.15) is 82.3 Å². The Bertz CT molecular complexity index is 2580. The molecule has 7 atom stereocenters. The Morgan fingerprint density at radius 3 is 1.89 bits per heavy atom. The Balaban J connectivity index is 1.78. The third-order valence-electron chi connectivity index (χ3n) is 12.1. The first-order valence-electron chi connectivity index (χ1n) is 24.8. The molecule has 2 heterocycles. The first-order valence-corrected chi connectivity index (χ1v) is 24.8. The molecule has 2 aromatic carbocycles. The molecule has 0 spiro atoms. The largest absolute Gasteiger partial charge is 0.370 e. The summed E-state index contributed by atoms with van der Waals surface area (Å²) >= 11 is 0. The predicted octanol–water partition coefficient (Wildman–Crippen LogP) is -4.09. The van der Waals surface area contributed by atoms with Crippen molar-refractivity contribution in [1.29, 1.82) is 0 Å². The lowest BCUT2D eigenvalue weighted by Gasteiger charge is -2.28. The number of nitrogens with zero attached hydrogens (tertiary/aromatic N) is 2. The molecule has 4 rings (SSSR count). The number of nitrogens with two attached hydrogens (primary N) is 6. The van der Waals surface area contributed by atoms with Crippen molar-refractivity contribution in [3.63, 3.8) is 0 Å². The van der Waals surface area contributed by atoms with Crippen LogP contribution in [0.25, 0.3) is 10.9 Å². The molecule has 21 N–H and O–H groups in total. The Morgan fingerprint density at radius 2 is 1.25 bits per heavy atom. The number of hydrogen-bond donors (Lipinski definition) is 15. The average molecular weight is 1060 g/mol. The van der Waals surface area contributed by atoms with Gasteiger partial charge in [-0.15, -0.1) is 0 Å². The third kappa shape index (κ3) is 20.6. The molecule has 1 aromatic heterocycles. The van der Waals surface area contributed by atoms with Crippen LogP contribution < -0.4 is 76.9 Å². The van der Waals surface area contributed by atoms with Crippen LogP contribution in [0, 0.1) is 0 Å². The number of guanidine groups is 2. The highest BCUT2D eigenvalue weighted by molar-refractivity contribution is 5.98. The molecule has 76 heavy (non-hydrogen) atoms. The molecule has 3 aromatic rings. The minimum absolute atomic E-state index is 0.0157. The number of para-hydroxylation sites is 1. The topological polar surface area (TPSA) is 464 Å². The number of rotatable bonds is 19. The van der Waals surface area contributed by atoms with Gasteiger partial charge in [0.2, 0.25) is 59.1 Å². The maximum Gasteiger partial charge on any atom is 0.243 e. The van der Waals surface area contributed by atoms with Crippen LogP contribution in [0.4, 0.5) is 0 Å². The van der Waals surface area contributed by atoms with E-state index in [9.17, 15) is 47.9 Å². The number of aliphatic imine (C=N–C) groups is 2. The predicted molar refractivity (Wildman–Crippen MR) is 280 cm³/mol. The fourth-order valence-corrected chi connectivity index (χ4v) is 8.22. The molecule has 0 aliphatic carbocycles. The van der Waals surface area contributed by atoms with Gasteiger partial charge < -0.3 is 81.9 Å². The van der Waals surface area contributed by atoms with Crippen molar-refractivity contribution in [2.75, 3.05) is 19.6 Å². The van der Waals surface area contributed by atoms with E-state index in [1.54, 1.807) is 42.6 Å². The normalized spacial score (nSPS) is 20.9. The summed E-state index contributed by atoms with van der Waals surface area (Å²) in [6.45, 7) is 1.26. The molecule has 0 saturated carbocycles. The summed E-state index contributed by atoms with van der Waals surface area (Å²) in [4.78, 5) is 148. The van der Waals surface area contributed by atoms with Crippen LogP contribution >= 0.6 is 0 Å². The number of H-pyrrole nitrogens is 1. The van der Waals surface area contributed by atoms with Crippen LogP contribution in [0.3, 0.4) is 0 Å². The van der Waals surface area contributed by atoms with Crippen molar-refractivity contribution in [1.82, 2.24) is 47.5 Å². The van der Waals surface area contributed by atoms with E-state index in [4.69, 9.17) is 34.4 Å². The van der Waals surface area contributed by atoms with E-state index in [0.717, 1.165) is 10.9 Å². The van der Waals surface area contributed by atoms with Crippen molar-refractivity contribution >= 4 is 81.9 Å². The second kappa shape index (κ2) is 30.4. The number of primary amides is 2. The molecular weight excluding hydrogens is 987 g/mol. The smallest absolute Gasteiger partial charge is 0.243 e. The van der Waals surface area contributed by atoms with E-state index >= 15 is 0 Å². The monoisotopic (exact) mass is 1060 g/mol. The average Bonchev–Trinajstić information content (AvgIpc) is 3.78. The zero-order valence-corrected chi connectivity index (χ0v) is 42.4. The van der Waals surface area contributed by atoms with Crippen molar-refractivity contribution in [3.8, 4) is 0 Å². The highest BCUT2D eigenvalue weighted by Gasteiger charge is 2.35. The van der Waals surface area contributed by atoms with E-state index in [-0.39, 0.29) is 95.8 Å². The summed E-state index contributed by atoms with van der Waals surface area (Å²) in [5.41, 5.74) is 35.2. The van der Waals surface area contributed by atoms with Gasteiger partial charge in [-0.3, -0.25) is 57.9 Å². The standard InChI is InChI=1S/C49H71N17O10/c1-27(67)60-33(15-8-22-57-48(52)53)42(71)64-36-18-20-40(69)56-21-7-14-32(41(51)70)61-47(76)38(25-29-26-59-31-13-6-5-12-30(29)31)66-43(72)34(16-9-23-58-49(54)55)62-46(75)37(24-28-10-3-2-4-11-28)65-45(74)35(63-44(36)73)17-19-39(50)68/h2-6,10-13,26,32-38,59H,7-9,14-25H2,1H3,(H2,50,68)(H2,51,70)(H,56,69)(H,60,67)(H,61,76)(H,62,75)(H,63,73)(H,64,71)(H,65,74)(H,66,72)(H4,52,53,57)(H4,54,55,58)/t32-,33-,34-,35-,36-,37+,38-/m0/s1. The van der Waals surface area contributed by atoms with Gasteiger partial charge in [0, 0.05) is 69.3 Å². The Morgan fingerprint density at radius 1 is 0.671 bits per heavy atom. The minimum Gasteiger partial charge on any atom is -0.370 e. The Hall–Kier alpha value is -8.78. The molecule has 27 nitrogen and oxygen atoms in total. The second-order valence-corrected chi connectivity index (χ2v) is 18.2. The number of aromatic nitrogens is 1. The molecule has 1 saturated heterocycles. The molecule has 0 unspecified atom stereocenters. The molecule has 1 aliphatic rings. The summed E-state index contributed by atoms with van der Waals surface area (Å²) in [5, 5.41) is 21.8. The highest BCUT2D eigenvalue weighted by Crippen LogP contribution is 2.20. The number of amides is 10. The van der Waals surface area contributed by atoms with Crippen LogP contribution in [0.15, 0.2) is 70.8 Å². The van der Waals surface area contributed by atoms with Gasteiger partial charge in [0.25, 0.3) is 0 Å². The molecule has 1 aliphatic heterocycles. The molecule has 0 bridgehead atoms. The summed E-state index contributed by atoms with van der Waals surface area (Å²) in [5.74, 6) is -8.69. The molecule has 10 amide bonds. The summed E-state index contributed by atoms with van der Waals surface area (Å²) in [6.07, 6.45) is 0.132. The Labute approximate surface area is 438 Å². The number of nitrogens with one attached hydrogen (secondary N) is 9. The fourth-order valence-electron chi connectivity index (χ4n) is 8.22. The van der Waals surface area contributed by atoms with Gasteiger partial charge in [-0.05, 0) is 68.6 Å². The molecule has 412 valence electrons. The number of carbonyl (C=O) groups excluding carboxylic acids is 10. The van der Waals surface area contributed by atoms with Gasteiger partial charge in [0.1, 0.15) is 42.3 Å². The maximum absolute atomic E-state index is 14.6. The van der Waals surface area contributed by atoms with E-state index in [2.05, 4.69) is 57.5 Å². The van der Waals surface area contributed by atoms with Gasteiger partial charge in [-0.1, -0.05) is 48.5 Å². The van der Waals surface area contributed by atoms with Crippen LogP contribution in [0.2, 0.25) is 0 Å². The first kappa shape index (κ1) is 59.8. The quantitative estimate of drug-likeness (QED) is 0.0309. The van der Waals surface area contributed by atoms with E-state index in [0.29, 0.717) is 11.1 Å². The van der Waals surface area contributed by atoms with Crippen LogP contribution in [-0.2, 0) is 60.8 Å². The van der Waals surface area contributed by atoms with Crippen molar-refractivity contribution in [2.24, 2.45) is 44.4 Å². The number of benzene rings is 2.